The van der Waals surface area contributed by atoms with E-state index in [2.05, 4.69) is 10.3 Å². The number of anilines is 1. The number of pyridine rings is 1. The van der Waals surface area contributed by atoms with Crippen LogP contribution in [0, 0.1) is 0 Å². The molecule has 122 valence electrons. The number of hydrogen-bond acceptors (Lipinski definition) is 5. The van der Waals surface area contributed by atoms with Gasteiger partial charge in [-0.2, -0.15) is 0 Å². The average Bonchev–Trinajstić information content (AvgIpc) is 2.34. The second-order valence-corrected chi connectivity index (χ2v) is 5.95. The summed E-state index contributed by atoms with van der Waals surface area (Å²) in [6.45, 7) is 5.29. The van der Waals surface area contributed by atoms with Crippen molar-refractivity contribution in [3.05, 3.63) is 24.0 Å². The number of nitrogens with one attached hydrogen (secondary N) is 1. The van der Waals surface area contributed by atoms with Crippen molar-refractivity contribution in [1.82, 2.24) is 4.98 Å². The molecule has 1 unspecified atom stereocenters. The molecule has 0 aliphatic carbocycles. The summed E-state index contributed by atoms with van der Waals surface area (Å²) >= 11 is 0. The van der Waals surface area contributed by atoms with E-state index in [9.17, 15) is 14.7 Å². The van der Waals surface area contributed by atoms with E-state index < -0.39 is 23.8 Å². The summed E-state index contributed by atoms with van der Waals surface area (Å²) in [5, 5.41) is 20.8. The first-order valence-electron chi connectivity index (χ1n) is 7.00. The van der Waals surface area contributed by atoms with Gasteiger partial charge in [0.2, 0.25) is 0 Å². The minimum atomic E-state index is -1.05. The number of rotatable bonds is 6. The highest BCUT2D eigenvalue weighted by molar-refractivity contribution is 5.85. The predicted molar refractivity (Wildman–Crippen MR) is 80.7 cm³/mol. The summed E-state index contributed by atoms with van der Waals surface area (Å²) in [6, 6.07) is 1.71. The van der Waals surface area contributed by atoms with Gasteiger partial charge in [0, 0.05) is 6.20 Å². The molecule has 0 spiro atoms. The van der Waals surface area contributed by atoms with Gasteiger partial charge in [-0.3, -0.25) is 15.1 Å². The summed E-state index contributed by atoms with van der Waals surface area (Å²) < 4.78 is 5.17. The Morgan fingerprint density at radius 1 is 1.41 bits per heavy atom. The monoisotopic (exact) mass is 310 g/mol. The first-order chi connectivity index (χ1) is 10.2. The first-order valence-corrected chi connectivity index (χ1v) is 7.00. The Bertz CT molecular complexity index is 525. The molecular formula is C15H22N2O5. The maximum Gasteiger partial charge on any atom is 0.412 e. The Balaban J connectivity index is 2.65. The van der Waals surface area contributed by atoms with Crippen LogP contribution >= 0.6 is 0 Å². The van der Waals surface area contributed by atoms with Gasteiger partial charge in [-0.05, 0) is 45.2 Å². The van der Waals surface area contributed by atoms with Crippen LogP contribution in [0.3, 0.4) is 0 Å². The Hall–Kier alpha value is -2.15. The zero-order chi connectivity index (χ0) is 16.8. The normalized spacial score (nSPS) is 12.5. The first kappa shape index (κ1) is 17.9. The van der Waals surface area contributed by atoms with Crippen molar-refractivity contribution in [2.45, 2.75) is 51.7 Å². The zero-order valence-corrected chi connectivity index (χ0v) is 13.0. The number of amides is 1. The summed E-state index contributed by atoms with van der Waals surface area (Å²) in [5.41, 5.74) is 0.633. The number of carboxylic acid groups (broad SMARTS) is 1. The Kier molecular flexibility index (Phi) is 6.30. The number of aryl methyl sites for hydroxylation is 1. The maximum atomic E-state index is 11.8. The molecule has 0 radical (unpaired) electrons. The minimum Gasteiger partial charge on any atom is -0.481 e. The molecule has 22 heavy (non-hydrogen) atoms. The summed E-state index contributed by atoms with van der Waals surface area (Å²) in [5.74, 6) is -1.05. The van der Waals surface area contributed by atoms with Crippen LogP contribution in [-0.2, 0) is 16.0 Å². The van der Waals surface area contributed by atoms with Gasteiger partial charge in [0.1, 0.15) is 5.60 Å². The molecule has 1 rings (SSSR count). The molecule has 0 aliphatic heterocycles. The number of carbonyl (C=O) groups excluding carboxylic acids is 1. The number of nitrogens with zero attached hydrogens (tertiary/aromatic N) is 1. The highest BCUT2D eigenvalue weighted by Gasteiger charge is 2.17. The Morgan fingerprint density at radius 3 is 2.68 bits per heavy atom. The van der Waals surface area contributed by atoms with Crippen molar-refractivity contribution in [3.63, 3.8) is 0 Å². The van der Waals surface area contributed by atoms with Crippen molar-refractivity contribution >= 4 is 17.7 Å². The van der Waals surface area contributed by atoms with Crippen molar-refractivity contribution in [2.24, 2.45) is 0 Å². The summed E-state index contributed by atoms with van der Waals surface area (Å²) in [4.78, 5) is 26.2. The van der Waals surface area contributed by atoms with Crippen LogP contribution in [0.5, 0.6) is 0 Å². The molecule has 0 bridgehead atoms. The van der Waals surface area contributed by atoms with E-state index in [1.807, 2.05) is 0 Å². The van der Waals surface area contributed by atoms with Crippen LogP contribution in [0.15, 0.2) is 18.5 Å². The number of aromatic nitrogens is 1. The van der Waals surface area contributed by atoms with Crippen LogP contribution in [0.25, 0.3) is 0 Å². The van der Waals surface area contributed by atoms with E-state index in [0.717, 1.165) is 5.56 Å². The third-order valence-electron chi connectivity index (χ3n) is 2.70. The van der Waals surface area contributed by atoms with Crippen LogP contribution < -0.4 is 5.32 Å². The van der Waals surface area contributed by atoms with Gasteiger partial charge < -0.3 is 14.9 Å². The number of ether oxygens (including phenoxy) is 1. The number of aliphatic hydroxyl groups is 1. The van der Waals surface area contributed by atoms with Crippen molar-refractivity contribution in [3.8, 4) is 0 Å². The lowest BCUT2D eigenvalue weighted by Gasteiger charge is -2.20. The number of aliphatic carboxylic acids is 1. The highest BCUT2D eigenvalue weighted by Crippen LogP contribution is 2.18. The molecule has 7 nitrogen and oxygen atoms in total. The van der Waals surface area contributed by atoms with Gasteiger partial charge in [0.25, 0.3) is 0 Å². The minimum absolute atomic E-state index is 0.277. The molecule has 1 aromatic rings. The lowest BCUT2D eigenvalue weighted by atomic mass is 10.0. The van der Waals surface area contributed by atoms with Crippen LogP contribution in [0.4, 0.5) is 10.5 Å². The topological polar surface area (TPSA) is 109 Å². The number of aliphatic hydroxyl groups excluding tert-OH is 1. The second-order valence-electron chi connectivity index (χ2n) is 5.95. The zero-order valence-electron chi connectivity index (χ0n) is 13.0. The fourth-order valence-electron chi connectivity index (χ4n) is 1.79. The van der Waals surface area contributed by atoms with E-state index in [-0.39, 0.29) is 12.8 Å². The fraction of sp³-hybridized carbons (Fsp3) is 0.533. The molecule has 0 aromatic carbocycles. The molecule has 1 amide bonds. The van der Waals surface area contributed by atoms with E-state index >= 15 is 0 Å². The summed E-state index contributed by atoms with van der Waals surface area (Å²) in [7, 11) is 0. The standard InChI is InChI=1S/C15H22N2O5/c1-15(2,3)22-14(21)17-12-9-16-7-6-10(12)4-5-11(18)8-13(19)20/h6-7,9,11,18H,4-5,8H2,1-3H3,(H,17,21)(H,19,20). The van der Waals surface area contributed by atoms with E-state index in [1.54, 1.807) is 33.0 Å². The maximum absolute atomic E-state index is 11.8. The molecule has 1 atom stereocenters. The largest absolute Gasteiger partial charge is 0.481 e. The van der Waals surface area contributed by atoms with Crippen LogP contribution in [-0.4, -0.2) is 39.0 Å². The highest BCUT2D eigenvalue weighted by atomic mass is 16.6. The number of hydrogen-bond donors (Lipinski definition) is 3. The molecule has 0 saturated carbocycles. The second kappa shape index (κ2) is 7.74. The van der Waals surface area contributed by atoms with E-state index in [1.165, 1.54) is 6.20 Å². The third-order valence-corrected chi connectivity index (χ3v) is 2.70. The van der Waals surface area contributed by atoms with Crippen molar-refractivity contribution in [2.75, 3.05) is 5.32 Å². The van der Waals surface area contributed by atoms with Crippen molar-refractivity contribution in [1.29, 1.82) is 0 Å². The lowest BCUT2D eigenvalue weighted by Crippen LogP contribution is -2.27. The van der Waals surface area contributed by atoms with Crippen molar-refractivity contribution < 1.29 is 24.5 Å². The van der Waals surface area contributed by atoms with E-state index in [4.69, 9.17) is 9.84 Å². The number of carbonyl (C=O) groups is 2. The van der Waals surface area contributed by atoms with Crippen LogP contribution in [0.2, 0.25) is 0 Å². The lowest BCUT2D eigenvalue weighted by molar-refractivity contribution is -0.139. The smallest absolute Gasteiger partial charge is 0.412 e. The quantitative estimate of drug-likeness (QED) is 0.743. The molecule has 7 heteroatoms. The van der Waals surface area contributed by atoms with E-state index in [0.29, 0.717) is 12.1 Å². The molecule has 0 saturated heterocycles. The molecule has 1 aromatic heterocycles. The van der Waals surface area contributed by atoms with Gasteiger partial charge >= 0.3 is 12.1 Å². The van der Waals surface area contributed by atoms with Gasteiger partial charge in [-0.1, -0.05) is 0 Å². The fourth-order valence-corrected chi connectivity index (χ4v) is 1.79. The molecule has 0 aliphatic rings. The molecule has 3 N–H and O–H groups in total. The number of carboxylic acids is 1. The predicted octanol–water partition coefficient (Wildman–Crippen LogP) is 2.20. The Labute approximate surface area is 129 Å². The molecule has 0 fully saturated rings. The Morgan fingerprint density at radius 2 is 2.09 bits per heavy atom. The SMILES string of the molecule is CC(C)(C)OC(=O)Nc1cnccc1CCC(O)CC(=O)O. The molecule has 1 heterocycles. The van der Waals surface area contributed by atoms with Crippen LogP contribution in [0.1, 0.15) is 39.2 Å². The van der Waals surface area contributed by atoms with Gasteiger partial charge in [-0.25, -0.2) is 4.79 Å². The average molecular weight is 310 g/mol. The molecular weight excluding hydrogens is 288 g/mol. The van der Waals surface area contributed by atoms with Gasteiger partial charge in [0.15, 0.2) is 0 Å². The van der Waals surface area contributed by atoms with Gasteiger partial charge in [-0.15, -0.1) is 0 Å². The summed E-state index contributed by atoms with van der Waals surface area (Å²) in [6.07, 6.45) is 1.93. The third kappa shape index (κ3) is 7.03. The van der Waals surface area contributed by atoms with Gasteiger partial charge in [0.05, 0.1) is 24.4 Å².